The van der Waals surface area contributed by atoms with E-state index in [1.165, 1.54) is 12.1 Å². The third-order valence-corrected chi connectivity index (χ3v) is 2.13. The highest BCUT2D eigenvalue weighted by Crippen LogP contribution is 2.29. The van der Waals surface area contributed by atoms with E-state index in [1.807, 2.05) is 0 Å². The van der Waals surface area contributed by atoms with Crippen molar-refractivity contribution < 1.29 is 22.7 Å². The van der Waals surface area contributed by atoms with E-state index >= 15 is 0 Å². The zero-order valence-corrected chi connectivity index (χ0v) is 11.0. The Labute approximate surface area is 109 Å². The maximum atomic E-state index is 12.3. The molecule has 0 aliphatic heterocycles. The molecule has 1 rings (SSSR count). The van der Waals surface area contributed by atoms with Gasteiger partial charge in [0.05, 0.1) is 5.56 Å². The first-order chi connectivity index (χ1) is 8.58. The lowest BCUT2D eigenvalue weighted by Gasteiger charge is -2.20. The fraction of sp³-hybridized carbons (Fsp3) is 0.462. The van der Waals surface area contributed by atoms with Crippen LogP contribution in [0, 0.1) is 0 Å². The zero-order chi connectivity index (χ0) is 14.7. The van der Waals surface area contributed by atoms with Crippen LogP contribution in [0.5, 0.6) is 0 Å². The van der Waals surface area contributed by atoms with Gasteiger partial charge in [0.2, 0.25) is 0 Å². The molecule has 0 aromatic heterocycles. The summed E-state index contributed by atoms with van der Waals surface area (Å²) in [5, 5.41) is 2.58. The minimum atomic E-state index is -4.36. The summed E-state index contributed by atoms with van der Waals surface area (Å²) in [5.74, 6) is 0. The summed E-state index contributed by atoms with van der Waals surface area (Å²) in [7, 11) is 0. The highest BCUT2D eigenvalue weighted by atomic mass is 19.4. The van der Waals surface area contributed by atoms with Gasteiger partial charge in [0, 0.05) is 5.54 Å². The number of carbonyl (C=O) groups is 1. The summed E-state index contributed by atoms with van der Waals surface area (Å²) in [4.78, 5) is 11.3. The molecule has 1 amide bonds. The lowest BCUT2D eigenvalue weighted by atomic mass is 10.1. The fourth-order valence-corrected chi connectivity index (χ4v) is 1.28. The van der Waals surface area contributed by atoms with E-state index < -0.39 is 23.4 Å². The molecule has 106 valence electrons. The van der Waals surface area contributed by atoms with E-state index in [-0.39, 0.29) is 6.61 Å². The molecule has 0 fully saturated rings. The highest BCUT2D eigenvalue weighted by molar-refractivity contribution is 5.68. The second-order valence-electron chi connectivity index (χ2n) is 5.15. The number of alkyl halides is 3. The van der Waals surface area contributed by atoms with Crippen LogP contribution in [0.25, 0.3) is 0 Å². The van der Waals surface area contributed by atoms with Crippen LogP contribution in [-0.2, 0) is 17.5 Å². The van der Waals surface area contributed by atoms with Crippen molar-refractivity contribution in [2.24, 2.45) is 0 Å². The number of carbonyl (C=O) groups excluding carboxylic acids is 1. The Morgan fingerprint density at radius 3 is 2.11 bits per heavy atom. The highest BCUT2D eigenvalue weighted by Gasteiger charge is 2.29. The van der Waals surface area contributed by atoms with Crippen molar-refractivity contribution in [1.29, 1.82) is 0 Å². The molecule has 0 spiro atoms. The molecule has 0 aliphatic rings. The number of alkyl carbamates (subject to hydrolysis) is 1. The average Bonchev–Trinajstić information content (AvgIpc) is 2.23. The molecule has 3 nitrogen and oxygen atoms in total. The predicted octanol–water partition coefficient (Wildman–Crippen LogP) is 3.73. The topological polar surface area (TPSA) is 38.3 Å². The number of nitrogens with one attached hydrogen (secondary N) is 1. The predicted molar refractivity (Wildman–Crippen MR) is 64.5 cm³/mol. The van der Waals surface area contributed by atoms with Crippen molar-refractivity contribution in [2.45, 2.75) is 39.1 Å². The van der Waals surface area contributed by atoms with E-state index in [9.17, 15) is 18.0 Å². The molecule has 6 heteroatoms. The van der Waals surface area contributed by atoms with Gasteiger partial charge in [0.1, 0.15) is 6.61 Å². The average molecular weight is 275 g/mol. The molecule has 0 bridgehead atoms. The van der Waals surface area contributed by atoms with E-state index in [2.05, 4.69) is 5.32 Å². The van der Waals surface area contributed by atoms with Crippen LogP contribution in [-0.4, -0.2) is 11.6 Å². The van der Waals surface area contributed by atoms with Gasteiger partial charge in [0.25, 0.3) is 0 Å². The van der Waals surface area contributed by atoms with Gasteiger partial charge in [0.15, 0.2) is 0 Å². The van der Waals surface area contributed by atoms with Crippen molar-refractivity contribution in [1.82, 2.24) is 5.32 Å². The largest absolute Gasteiger partial charge is 0.445 e. The van der Waals surface area contributed by atoms with Crippen molar-refractivity contribution in [3.63, 3.8) is 0 Å². The first kappa shape index (κ1) is 15.3. The molecule has 19 heavy (non-hydrogen) atoms. The number of ether oxygens (including phenoxy) is 1. The number of hydrogen-bond donors (Lipinski definition) is 1. The van der Waals surface area contributed by atoms with Crippen LogP contribution >= 0.6 is 0 Å². The smallest absolute Gasteiger partial charge is 0.416 e. The van der Waals surface area contributed by atoms with Gasteiger partial charge in [-0.2, -0.15) is 13.2 Å². The molecule has 0 aliphatic carbocycles. The van der Waals surface area contributed by atoms with Gasteiger partial charge in [-0.15, -0.1) is 0 Å². The van der Waals surface area contributed by atoms with E-state index in [4.69, 9.17) is 4.74 Å². The quantitative estimate of drug-likeness (QED) is 0.893. The summed E-state index contributed by atoms with van der Waals surface area (Å²) in [5.41, 5.74) is -0.649. The summed E-state index contributed by atoms with van der Waals surface area (Å²) in [6.45, 7) is 5.32. The summed E-state index contributed by atoms with van der Waals surface area (Å²) >= 11 is 0. The first-order valence-electron chi connectivity index (χ1n) is 5.69. The second-order valence-corrected chi connectivity index (χ2v) is 5.15. The van der Waals surface area contributed by atoms with Gasteiger partial charge in [-0.25, -0.2) is 4.79 Å². The molecule has 0 heterocycles. The summed E-state index contributed by atoms with van der Waals surface area (Å²) < 4.78 is 41.9. The number of halogens is 3. The fourth-order valence-electron chi connectivity index (χ4n) is 1.28. The monoisotopic (exact) mass is 275 g/mol. The molecule has 1 aromatic carbocycles. The Kier molecular flexibility index (Phi) is 4.44. The molecule has 0 atom stereocenters. The molecular weight excluding hydrogens is 259 g/mol. The standard InChI is InChI=1S/C13H16F3NO2/c1-12(2,3)17-11(18)19-8-9-4-6-10(7-5-9)13(14,15)16/h4-7H,8H2,1-3H3,(H,17,18). The molecule has 0 radical (unpaired) electrons. The van der Waals surface area contributed by atoms with E-state index in [1.54, 1.807) is 20.8 Å². The minimum Gasteiger partial charge on any atom is -0.445 e. The third kappa shape index (κ3) is 5.63. The normalized spacial score (nSPS) is 12.1. The zero-order valence-electron chi connectivity index (χ0n) is 11.0. The SMILES string of the molecule is CC(C)(C)NC(=O)OCc1ccc(C(F)(F)F)cc1. The molecule has 0 saturated heterocycles. The number of rotatable bonds is 2. The van der Waals surface area contributed by atoms with Crippen LogP contribution in [0.3, 0.4) is 0 Å². The van der Waals surface area contributed by atoms with Gasteiger partial charge in [-0.05, 0) is 38.5 Å². The lowest BCUT2D eigenvalue weighted by Crippen LogP contribution is -2.40. The molecule has 1 N–H and O–H groups in total. The van der Waals surface area contributed by atoms with Crippen molar-refractivity contribution >= 4 is 6.09 Å². The lowest BCUT2D eigenvalue weighted by molar-refractivity contribution is -0.137. The van der Waals surface area contributed by atoms with Crippen molar-refractivity contribution in [3.05, 3.63) is 35.4 Å². The Morgan fingerprint density at radius 1 is 1.16 bits per heavy atom. The Bertz CT molecular complexity index is 433. The Hall–Kier alpha value is -1.72. The van der Waals surface area contributed by atoms with Crippen LogP contribution in [0.4, 0.5) is 18.0 Å². The van der Waals surface area contributed by atoms with Crippen LogP contribution < -0.4 is 5.32 Å². The number of hydrogen-bond acceptors (Lipinski definition) is 2. The molecular formula is C13H16F3NO2. The first-order valence-corrected chi connectivity index (χ1v) is 5.69. The molecule has 0 saturated carbocycles. The maximum Gasteiger partial charge on any atom is 0.416 e. The summed E-state index contributed by atoms with van der Waals surface area (Å²) in [6.07, 6.45) is -4.96. The van der Waals surface area contributed by atoms with Gasteiger partial charge in [-0.1, -0.05) is 12.1 Å². The van der Waals surface area contributed by atoms with Crippen LogP contribution in [0.15, 0.2) is 24.3 Å². The molecule has 1 aromatic rings. The van der Waals surface area contributed by atoms with E-state index in [0.717, 1.165) is 12.1 Å². The third-order valence-electron chi connectivity index (χ3n) is 2.13. The molecule has 0 unspecified atom stereocenters. The Balaban J connectivity index is 2.53. The Morgan fingerprint density at radius 2 is 1.68 bits per heavy atom. The van der Waals surface area contributed by atoms with Gasteiger partial charge < -0.3 is 10.1 Å². The van der Waals surface area contributed by atoms with Gasteiger partial charge >= 0.3 is 12.3 Å². The van der Waals surface area contributed by atoms with Crippen molar-refractivity contribution in [3.8, 4) is 0 Å². The van der Waals surface area contributed by atoms with Crippen molar-refractivity contribution in [2.75, 3.05) is 0 Å². The van der Waals surface area contributed by atoms with Crippen LogP contribution in [0.1, 0.15) is 31.9 Å². The second kappa shape index (κ2) is 5.50. The minimum absolute atomic E-state index is 0.0694. The number of benzene rings is 1. The van der Waals surface area contributed by atoms with Crippen LogP contribution in [0.2, 0.25) is 0 Å². The van der Waals surface area contributed by atoms with Gasteiger partial charge in [-0.3, -0.25) is 0 Å². The summed E-state index contributed by atoms with van der Waals surface area (Å²) in [6, 6.07) is 4.49. The number of amides is 1. The van der Waals surface area contributed by atoms with E-state index in [0.29, 0.717) is 5.56 Å². The maximum absolute atomic E-state index is 12.3.